The number of hydrogen-bond donors (Lipinski definition) is 1. The van der Waals surface area contributed by atoms with Crippen LogP contribution in [0.1, 0.15) is 51.8 Å². The van der Waals surface area contributed by atoms with Crippen molar-refractivity contribution in [2.75, 3.05) is 6.61 Å². The molecule has 6 heteroatoms. The van der Waals surface area contributed by atoms with Crippen LogP contribution in [0.2, 0.25) is 0 Å². The van der Waals surface area contributed by atoms with Crippen LogP contribution in [-0.4, -0.2) is 21.5 Å². The largest absolute Gasteiger partial charge is 0.487 e. The predicted octanol–water partition coefficient (Wildman–Crippen LogP) is 4.14. The highest BCUT2D eigenvalue weighted by molar-refractivity contribution is 7.84. The summed E-state index contributed by atoms with van der Waals surface area (Å²) in [6, 6.07) is 5.23. The van der Waals surface area contributed by atoms with Gasteiger partial charge in [0.15, 0.2) is 6.61 Å². The molecule has 0 saturated heterocycles. The molecule has 1 aromatic rings. The van der Waals surface area contributed by atoms with E-state index in [-0.39, 0.29) is 10.8 Å². The maximum Gasteiger partial charge on any atom is 0.278 e. The average Bonchev–Trinajstić information content (AvgIpc) is 2.34. The highest BCUT2D eigenvalue weighted by atomic mass is 32.2. The second-order valence-electron chi connectivity index (χ2n) is 6.60. The van der Waals surface area contributed by atoms with E-state index in [0.29, 0.717) is 5.75 Å². The van der Waals surface area contributed by atoms with Crippen LogP contribution in [-0.2, 0) is 11.0 Å². The van der Waals surface area contributed by atoms with Crippen molar-refractivity contribution in [2.45, 2.75) is 58.3 Å². The molecule has 3 nitrogen and oxygen atoms in total. The zero-order chi connectivity index (χ0) is 17.1. The molecule has 0 aromatic heterocycles. The molecule has 0 amide bonds. The van der Waals surface area contributed by atoms with Gasteiger partial charge < -0.3 is 4.74 Å². The second kappa shape index (κ2) is 7.04. The van der Waals surface area contributed by atoms with Crippen molar-refractivity contribution in [3.63, 3.8) is 0 Å². The minimum absolute atomic E-state index is 0.111. The number of rotatable bonds is 6. The molecule has 2 unspecified atom stereocenters. The van der Waals surface area contributed by atoms with Gasteiger partial charge in [-0.05, 0) is 51.8 Å². The van der Waals surface area contributed by atoms with Crippen molar-refractivity contribution >= 4 is 11.0 Å². The molecule has 1 rings (SSSR count). The molecule has 0 spiro atoms. The van der Waals surface area contributed by atoms with E-state index in [1.807, 2.05) is 33.8 Å². The lowest BCUT2D eigenvalue weighted by atomic mass is 10.1. The van der Waals surface area contributed by atoms with E-state index in [2.05, 4.69) is 4.72 Å². The van der Waals surface area contributed by atoms with Gasteiger partial charge >= 0.3 is 0 Å². The molecule has 1 N–H and O–H groups in total. The number of benzene rings is 1. The zero-order valence-corrected chi connectivity index (χ0v) is 14.8. The van der Waals surface area contributed by atoms with Gasteiger partial charge in [-0.15, -0.1) is 0 Å². The topological polar surface area (TPSA) is 38.3 Å². The number of ether oxygens (including phenoxy) is 1. The van der Waals surface area contributed by atoms with E-state index in [1.54, 1.807) is 19.1 Å². The molecule has 126 valence electrons. The first-order chi connectivity index (χ1) is 9.90. The van der Waals surface area contributed by atoms with E-state index in [1.165, 1.54) is 0 Å². The number of halogens is 2. The van der Waals surface area contributed by atoms with Crippen LogP contribution < -0.4 is 9.46 Å². The van der Waals surface area contributed by atoms with Crippen LogP contribution >= 0.6 is 0 Å². The van der Waals surface area contributed by atoms with Gasteiger partial charge in [-0.25, -0.2) is 17.7 Å². The quantitative estimate of drug-likeness (QED) is 0.849. The molecule has 22 heavy (non-hydrogen) atoms. The first kappa shape index (κ1) is 19.0. The Kier molecular flexibility index (Phi) is 6.10. The first-order valence-corrected chi connectivity index (χ1v) is 8.34. The molecular formula is C16H25F2NO2S. The summed E-state index contributed by atoms with van der Waals surface area (Å²) in [5, 5.41) is 0. The van der Waals surface area contributed by atoms with E-state index >= 15 is 0 Å². The van der Waals surface area contributed by atoms with Crippen LogP contribution in [0.3, 0.4) is 0 Å². The molecule has 0 bridgehead atoms. The van der Waals surface area contributed by atoms with Gasteiger partial charge in [-0.3, -0.25) is 0 Å². The summed E-state index contributed by atoms with van der Waals surface area (Å²) in [7, 11) is -1.18. The zero-order valence-electron chi connectivity index (χ0n) is 14.0. The second-order valence-corrected chi connectivity index (χ2v) is 8.60. The molecule has 0 radical (unpaired) electrons. The lowest BCUT2D eigenvalue weighted by Crippen LogP contribution is -2.34. The smallest absolute Gasteiger partial charge is 0.278 e. The Morgan fingerprint density at radius 2 is 1.86 bits per heavy atom. The lowest BCUT2D eigenvalue weighted by molar-refractivity contribution is -0.0231. The molecule has 0 fully saturated rings. The van der Waals surface area contributed by atoms with E-state index in [0.717, 1.165) is 18.1 Å². The van der Waals surface area contributed by atoms with Crippen LogP contribution in [0.5, 0.6) is 5.75 Å². The van der Waals surface area contributed by atoms with Crippen LogP contribution in [0, 0.1) is 6.92 Å². The Hall–Kier alpha value is -1.01. The van der Waals surface area contributed by atoms with Crippen molar-refractivity contribution in [3.05, 3.63) is 29.3 Å². The van der Waals surface area contributed by atoms with Gasteiger partial charge in [0, 0.05) is 13.0 Å². The van der Waals surface area contributed by atoms with Crippen LogP contribution in [0.15, 0.2) is 18.2 Å². The molecule has 0 aliphatic rings. The maximum absolute atomic E-state index is 12.8. The van der Waals surface area contributed by atoms with Gasteiger partial charge in [0.1, 0.15) is 5.75 Å². The molecule has 0 heterocycles. The lowest BCUT2D eigenvalue weighted by Gasteiger charge is -2.22. The number of nitrogens with one attached hydrogen (secondary N) is 1. The van der Waals surface area contributed by atoms with E-state index in [9.17, 15) is 13.0 Å². The summed E-state index contributed by atoms with van der Waals surface area (Å²) in [4.78, 5) is 0. The number of hydrogen-bond acceptors (Lipinski definition) is 2. The highest BCUT2D eigenvalue weighted by Crippen LogP contribution is 2.25. The standard InChI is InChI=1S/C16H25F2NO2S/c1-11-9-13(12(2)19-22(20)15(3,4)5)7-8-14(11)21-10-16(6,17)18/h7-9,12,19H,10H2,1-6H3. The van der Waals surface area contributed by atoms with Gasteiger partial charge in [0.25, 0.3) is 5.92 Å². The Morgan fingerprint density at radius 3 is 2.32 bits per heavy atom. The summed E-state index contributed by atoms with van der Waals surface area (Å²) in [6.07, 6.45) is 0. The van der Waals surface area contributed by atoms with Crippen molar-refractivity contribution < 1.29 is 17.7 Å². The third kappa shape index (κ3) is 6.01. The van der Waals surface area contributed by atoms with E-state index < -0.39 is 23.5 Å². The summed E-state index contributed by atoms with van der Waals surface area (Å²) < 4.78 is 45.6. The van der Waals surface area contributed by atoms with E-state index in [4.69, 9.17) is 4.74 Å². The first-order valence-electron chi connectivity index (χ1n) is 7.19. The Bertz CT molecular complexity index is 536. The van der Waals surface area contributed by atoms with Gasteiger partial charge in [-0.2, -0.15) is 0 Å². The fourth-order valence-electron chi connectivity index (χ4n) is 1.71. The minimum atomic E-state index is -2.86. The minimum Gasteiger partial charge on any atom is -0.487 e. The average molecular weight is 333 g/mol. The van der Waals surface area contributed by atoms with Crippen molar-refractivity contribution in [2.24, 2.45) is 0 Å². The third-order valence-corrected chi connectivity index (χ3v) is 4.70. The number of aryl methyl sites for hydroxylation is 1. The van der Waals surface area contributed by atoms with Gasteiger partial charge in [0.05, 0.1) is 15.7 Å². The van der Waals surface area contributed by atoms with Gasteiger partial charge in [0.2, 0.25) is 0 Å². The molecule has 0 aliphatic heterocycles. The number of alkyl halides is 2. The van der Waals surface area contributed by atoms with Gasteiger partial charge in [-0.1, -0.05) is 12.1 Å². The summed E-state index contributed by atoms with van der Waals surface area (Å²) in [5.74, 6) is -2.42. The highest BCUT2D eigenvalue weighted by Gasteiger charge is 2.23. The summed E-state index contributed by atoms with van der Waals surface area (Å²) >= 11 is 0. The molecule has 2 atom stereocenters. The van der Waals surface area contributed by atoms with Crippen LogP contribution in [0.25, 0.3) is 0 Å². The third-order valence-electron chi connectivity index (χ3n) is 3.02. The van der Waals surface area contributed by atoms with Crippen LogP contribution in [0.4, 0.5) is 8.78 Å². The maximum atomic E-state index is 12.8. The van der Waals surface area contributed by atoms with Crippen molar-refractivity contribution in [1.29, 1.82) is 0 Å². The predicted molar refractivity (Wildman–Crippen MR) is 86.7 cm³/mol. The molecular weight excluding hydrogens is 308 g/mol. The Balaban J connectivity index is 2.78. The fraction of sp³-hybridized carbons (Fsp3) is 0.625. The molecule has 1 aromatic carbocycles. The fourth-order valence-corrected chi connectivity index (χ4v) is 2.52. The Labute approximate surface area is 134 Å². The SMILES string of the molecule is Cc1cc(C(C)NS(=O)C(C)(C)C)ccc1OCC(C)(F)F. The molecule has 0 saturated carbocycles. The van der Waals surface area contributed by atoms with Crippen molar-refractivity contribution in [1.82, 2.24) is 4.72 Å². The van der Waals surface area contributed by atoms with Crippen molar-refractivity contribution in [3.8, 4) is 5.75 Å². The summed E-state index contributed by atoms with van der Waals surface area (Å²) in [5.41, 5.74) is 1.71. The normalized spacial score (nSPS) is 15.5. The Morgan fingerprint density at radius 1 is 1.27 bits per heavy atom. The molecule has 0 aliphatic carbocycles. The monoisotopic (exact) mass is 333 g/mol. The summed E-state index contributed by atoms with van der Waals surface area (Å²) in [6.45, 7) is 9.60.